The van der Waals surface area contributed by atoms with Gasteiger partial charge in [0.25, 0.3) is 0 Å². The SMILES string of the molecule is CC(=O)c1c(C[C@@H](O)C[C@@H](Cc2ccccc2)C(=O)N[C@H]2c3ccccc3C[C@H]2O)ccc2c1CCCC2. The number of amides is 1. The molecule has 4 atom stereocenters. The van der Waals surface area contributed by atoms with Crippen LogP contribution in [0.1, 0.15) is 76.0 Å². The van der Waals surface area contributed by atoms with Gasteiger partial charge in [0.05, 0.1) is 18.2 Å². The lowest BCUT2D eigenvalue weighted by Gasteiger charge is -2.25. The summed E-state index contributed by atoms with van der Waals surface area (Å²) in [5.41, 5.74) is 7.03. The van der Waals surface area contributed by atoms with Gasteiger partial charge in [-0.1, -0.05) is 66.7 Å². The predicted octanol–water partition coefficient (Wildman–Crippen LogP) is 4.69. The van der Waals surface area contributed by atoms with Crippen LogP contribution < -0.4 is 5.32 Å². The van der Waals surface area contributed by atoms with Gasteiger partial charge < -0.3 is 15.5 Å². The van der Waals surface area contributed by atoms with Gasteiger partial charge in [0.15, 0.2) is 5.78 Å². The zero-order chi connectivity index (χ0) is 26.6. The number of Topliss-reactive ketones (excluding diaryl/α,β-unsaturated/α-hetero) is 1. The van der Waals surface area contributed by atoms with Gasteiger partial charge in [-0.3, -0.25) is 9.59 Å². The van der Waals surface area contributed by atoms with Gasteiger partial charge in [-0.15, -0.1) is 0 Å². The van der Waals surface area contributed by atoms with Crippen LogP contribution in [0.4, 0.5) is 0 Å². The van der Waals surface area contributed by atoms with Crippen molar-refractivity contribution in [3.8, 4) is 0 Å². The van der Waals surface area contributed by atoms with E-state index in [9.17, 15) is 19.8 Å². The third-order valence-corrected chi connectivity index (χ3v) is 8.18. The Kier molecular flexibility index (Phi) is 8.06. The van der Waals surface area contributed by atoms with E-state index in [0.717, 1.165) is 59.1 Å². The standard InChI is InChI=1S/C33H37NO4/c1-21(35)31-25(16-15-23-11-5-7-13-28(23)31)18-27(36)19-26(17-22-9-3-2-4-10-22)33(38)34-32-29-14-8-6-12-24(29)20-30(32)37/h2-4,6,8-10,12,14-16,26-27,30,32,36-37H,5,7,11,13,17-20H2,1H3,(H,34,38)/t26-,27-,30-,32+/m1/s1. The molecule has 0 aromatic heterocycles. The maximum Gasteiger partial charge on any atom is 0.224 e. The van der Waals surface area contributed by atoms with Gasteiger partial charge in [-0.2, -0.15) is 0 Å². The van der Waals surface area contributed by atoms with E-state index in [4.69, 9.17) is 0 Å². The summed E-state index contributed by atoms with van der Waals surface area (Å²) >= 11 is 0. The molecule has 0 radical (unpaired) electrons. The maximum atomic E-state index is 13.6. The predicted molar refractivity (Wildman–Crippen MR) is 148 cm³/mol. The zero-order valence-electron chi connectivity index (χ0n) is 22.0. The highest BCUT2D eigenvalue weighted by Gasteiger charge is 2.34. The lowest BCUT2D eigenvalue weighted by molar-refractivity contribution is -0.127. The molecule has 5 heteroatoms. The number of rotatable bonds is 9. The number of carbonyl (C=O) groups excluding carboxylic acids is 2. The first kappa shape index (κ1) is 26.3. The molecule has 0 saturated heterocycles. The van der Waals surface area contributed by atoms with Crippen molar-refractivity contribution in [3.05, 3.63) is 106 Å². The van der Waals surface area contributed by atoms with Gasteiger partial charge in [0, 0.05) is 17.9 Å². The Bertz CT molecular complexity index is 1300. The van der Waals surface area contributed by atoms with Crippen molar-refractivity contribution in [2.75, 3.05) is 0 Å². The summed E-state index contributed by atoms with van der Waals surface area (Å²) in [7, 11) is 0. The first-order valence-electron chi connectivity index (χ1n) is 13.8. The number of fused-ring (bicyclic) bond motifs is 2. The summed E-state index contributed by atoms with van der Waals surface area (Å²) in [6.45, 7) is 1.61. The third-order valence-electron chi connectivity index (χ3n) is 8.18. The molecular formula is C33H37NO4. The van der Waals surface area contributed by atoms with E-state index in [1.54, 1.807) is 6.92 Å². The molecule has 2 aliphatic rings. The number of hydrogen-bond acceptors (Lipinski definition) is 4. The quantitative estimate of drug-likeness (QED) is 0.364. The zero-order valence-corrected chi connectivity index (χ0v) is 22.0. The van der Waals surface area contributed by atoms with Crippen LogP contribution in [0.15, 0.2) is 66.7 Å². The number of benzene rings is 3. The Balaban J connectivity index is 1.35. The highest BCUT2D eigenvalue weighted by molar-refractivity contribution is 5.97. The summed E-state index contributed by atoms with van der Waals surface area (Å²) in [5, 5.41) is 25.0. The van der Waals surface area contributed by atoms with E-state index in [-0.39, 0.29) is 18.1 Å². The number of carbonyl (C=O) groups is 2. The Hall–Kier alpha value is -3.28. The normalized spacial score (nSPS) is 19.8. The van der Waals surface area contributed by atoms with Crippen LogP contribution in [0.3, 0.4) is 0 Å². The second-order valence-corrected chi connectivity index (χ2v) is 10.9. The number of aryl methyl sites for hydroxylation is 1. The summed E-state index contributed by atoms with van der Waals surface area (Å²) in [6.07, 6.45) is 4.25. The van der Waals surface area contributed by atoms with E-state index in [1.165, 1.54) is 5.56 Å². The van der Waals surface area contributed by atoms with E-state index in [0.29, 0.717) is 19.3 Å². The molecular weight excluding hydrogens is 474 g/mol. The number of aliphatic hydroxyl groups is 2. The summed E-state index contributed by atoms with van der Waals surface area (Å²) in [5.74, 6) is -0.616. The molecule has 5 nitrogen and oxygen atoms in total. The molecule has 0 saturated carbocycles. The fraction of sp³-hybridized carbons (Fsp3) is 0.394. The Morgan fingerprint density at radius 3 is 2.45 bits per heavy atom. The van der Waals surface area contributed by atoms with Gasteiger partial charge in [-0.25, -0.2) is 0 Å². The number of hydrogen-bond donors (Lipinski definition) is 3. The minimum absolute atomic E-state index is 0.0402. The van der Waals surface area contributed by atoms with E-state index in [2.05, 4.69) is 11.4 Å². The van der Waals surface area contributed by atoms with Crippen molar-refractivity contribution in [1.29, 1.82) is 0 Å². The van der Waals surface area contributed by atoms with Gasteiger partial charge >= 0.3 is 0 Å². The van der Waals surface area contributed by atoms with Crippen molar-refractivity contribution in [2.45, 2.75) is 76.5 Å². The molecule has 198 valence electrons. The number of nitrogens with one attached hydrogen (secondary N) is 1. The third kappa shape index (κ3) is 5.74. The Morgan fingerprint density at radius 1 is 0.921 bits per heavy atom. The van der Waals surface area contributed by atoms with Crippen molar-refractivity contribution in [3.63, 3.8) is 0 Å². The largest absolute Gasteiger partial charge is 0.393 e. The molecule has 3 aromatic carbocycles. The molecule has 0 spiro atoms. The average molecular weight is 512 g/mol. The Morgan fingerprint density at radius 2 is 1.66 bits per heavy atom. The minimum atomic E-state index is -0.782. The molecule has 2 aliphatic carbocycles. The lowest BCUT2D eigenvalue weighted by atomic mass is 9.82. The Labute approximate surface area is 224 Å². The van der Waals surface area contributed by atoms with Crippen LogP contribution in [0, 0.1) is 5.92 Å². The molecule has 0 bridgehead atoms. The average Bonchev–Trinajstić information content (AvgIpc) is 3.23. The van der Waals surface area contributed by atoms with Crippen LogP contribution in [0.2, 0.25) is 0 Å². The van der Waals surface area contributed by atoms with Crippen molar-refractivity contribution >= 4 is 11.7 Å². The van der Waals surface area contributed by atoms with E-state index < -0.39 is 24.2 Å². The van der Waals surface area contributed by atoms with Gasteiger partial charge in [0.1, 0.15) is 0 Å². The summed E-state index contributed by atoms with van der Waals surface area (Å²) in [6, 6.07) is 21.3. The molecule has 5 rings (SSSR count). The van der Waals surface area contributed by atoms with Gasteiger partial charge in [-0.05, 0) is 85.3 Å². The summed E-state index contributed by atoms with van der Waals surface area (Å²) in [4.78, 5) is 26.3. The topological polar surface area (TPSA) is 86.6 Å². The molecule has 3 aromatic rings. The van der Waals surface area contributed by atoms with Crippen molar-refractivity contribution in [1.82, 2.24) is 5.32 Å². The van der Waals surface area contributed by atoms with Crippen molar-refractivity contribution < 1.29 is 19.8 Å². The first-order valence-corrected chi connectivity index (χ1v) is 13.8. The molecule has 1 amide bonds. The highest BCUT2D eigenvalue weighted by atomic mass is 16.3. The van der Waals surface area contributed by atoms with Gasteiger partial charge in [0.2, 0.25) is 5.91 Å². The molecule has 0 unspecified atom stereocenters. The second-order valence-electron chi connectivity index (χ2n) is 10.9. The molecule has 3 N–H and O–H groups in total. The minimum Gasteiger partial charge on any atom is -0.393 e. The molecule has 0 aliphatic heterocycles. The molecule has 0 heterocycles. The molecule has 38 heavy (non-hydrogen) atoms. The first-order chi connectivity index (χ1) is 18.4. The monoisotopic (exact) mass is 511 g/mol. The lowest BCUT2D eigenvalue weighted by Crippen LogP contribution is -2.39. The highest BCUT2D eigenvalue weighted by Crippen LogP contribution is 2.32. The van der Waals surface area contributed by atoms with Crippen molar-refractivity contribution in [2.24, 2.45) is 5.92 Å². The van der Waals surface area contributed by atoms with Crippen LogP contribution >= 0.6 is 0 Å². The van der Waals surface area contributed by atoms with Crippen LogP contribution in [-0.4, -0.2) is 34.1 Å². The maximum absolute atomic E-state index is 13.6. The smallest absolute Gasteiger partial charge is 0.224 e. The van der Waals surface area contributed by atoms with E-state index in [1.807, 2.05) is 60.7 Å². The van der Waals surface area contributed by atoms with E-state index >= 15 is 0 Å². The van der Waals surface area contributed by atoms with Crippen LogP contribution in [0.5, 0.6) is 0 Å². The molecule has 0 fully saturated rings. The number of aliphatic hydroxyl groups excluding tert-OH is 2. The fourth-order valence-corrected chi connectivity index (χ4v) is 6.35. The number of ketones is 1. The second kappa shape index (κ2) is 11.6. The fourth-order valence-electron chi connectivity index (χ4n) is 6.35. The summed E-state index contributed by atoms with van der Waals surface area (Å²) < 4.78 is 0. The van der Waals surface area contributed by atoms with Crippen LogP contribution in [-0.2, 0) is 36.9 Å². The van der Waals surface area contributed by atoms with Crippen LogP contribution in [0.25, 0.3) is 0 Å².